The highest BCUT2D eigenvalue weighted by Gasteiger charge is 2.09. The molecule has 0 saturated carbocycles. The summed E-state index contributed by atoms with van der Waals surface area (Å²) in [5.41, 5.74) is 3.22. The summed E-state index contributed by atoms with van der Waals surface area (Å²) in [6.45, 7) is 1.30. The quantitative estimate of drug-likeness (QED) is 0.623. The number of fused-ring (bicyclic) bond motifs is 1. The molecule has 5 nitrogen and oxygen atoms in total. The minimum Gasteiger partial charge on any atom is -0.350 e. The lowest BCUT2D eigenvalue weighted by molar-refractivity contribution is -0.125. The molecule has 0 fully saturated rings. The number of hydrogen-bond acceptors (Lipinski definition) is 3. The molecule has 0 aliphatic heterocycles. The molecule has 0 bridgehead atoms. The Morgan fingerprint density at radius 1 is 0.793 bits per heavy atom. The van der Waals surface area contributed by atoms with Gasteiger partial charge in [-0.3, -0.25) is 9.59 Å². The van der Waals surface area contributed by atoms with Crippen molar-refractivity contribution in [1.82, 2.24) is 15.5 Å². The molecule has 2 N–H and O–H groups in total. The average Bonchev–Trinajstić information content (AvgIpc) is 2.71. The fraction of sp³-hybridized carbons (Fsp3) is 0.250. The van der Waals surface area contributed by atoms with E-state index < -0.39 is 0 Å². The molecule has 0 spiro atoms. The highest BCUT2D eigenvalue weighted by atomic mass is 16.2. The smallest absolute Gasteiger partial charge is 0.239 e. The molecule has 29 heavy (non-hydrogen) atoms. The zero-order valence-electron chi connectivity index (χ0n) is 16.9. The minimum absolute atomic E-state index is 0.0255. The molecule has 0 unspecified atom stereocenters. The highest BCUT2D eigenvalue weighted by molar-refractivity contribution is 5.91. The first-order valence-corrected chi connectivity index (χ1v) is 9.74. The van der Waals surface area contributed by atoms with Gasteiger partial charge in [0.05, 0.1) is 13.0 Å². The Bertz CT molecular complexity index is 976. The fourth-order valence-corrected chi connectivity index (χ4v) is 3.25. The number of rotatable bonds is 8. The first kappa shape index (κ1) is 20.6. The van der Waals surface area contributed by atoms with Crippen molar-refractivity contribution in [1.29, 1.82) is 0 Å². The van der Waals surface area contributed by atoms with E-state index in [0.717, 1.165) is 28.4 Å². The zero-order chi connectivity index (χ0) is 20.6. The van der Waals surface area contributed by atoms with Gasteiger partial charge in [0.25, 0.3) is 0 Å². The first-order valence-electron chi connectivity index (χ1n) is 9.74. The average molecular weight is 389 g/mol. The predicted octanol–water partition coefficient (Wildman–Crippen LogP) is 2.88. The molecule has 0 heterocycles. The summed E-state index contributed by atoms with van der Waals surface area (Å²) in [5, 5.41) is 7.72. The predicted molar refractivity (Wildman–Crippen MR) is 116 cm³/mol. The van der Waals surface area contributed by atoms with Gasteiger partial charge in [-0.25, -0.2) is 0 Å². The second-order valence-electron chi connectivity index (χ2n) is 7.42. The van der Waals surface area contributed by atoms with E-state index in [2.05, 4.69) is 27.7 Å². The van der Waals surface area contributed by atoms with Gasteiger partial charge in [-0.1, -0.05) is 66.7 Å². The van der Waals surface area contributed by atoms with Crippen LogP contribution in [-0.4, -0.2) is 37.4 Å². The van der Waals surface area contributed by atoms with E-state index in [9.17, 15) is 9.59 Å². The topological polar surface area (TPSA) is 61.4 Å². The van der Waals surface area contributed by atoms with Gasteiger partial charge in [-0.15, -0.1) is 0 Å². The molecular weight excluding hydrogens is 362 g/mol. The van der Waals surface area contributed by atoms with Crippen LogP contribution >= 0.6 is 0 Å². The normalized spacial score (nSPS) is 10.9. The molecule has 0 aromatic heterocycles. The third-order valence-electron chi connectivity index (χ3n) is 4.69. The van der Waals surface area contributed by atoms with Gasteiger partial charge in [0.1, 0.15) is 0 Å². The van der Waals surface area contributed by atoms with Crippen LogP contribution in [0, 0.1) is 0 Å². The Morgan fingerprint density at radius 2 is 1.48 bits per heavy atom. The minimum atomic E-state index is -0.200. The van der Waals surface area contributed by atoms with Crippen molar-refractivity contribution in [2.75, 3.05) is 20.6 Å². The molecule has 0 aliphatic carbocycles. The summed E-state index contributed by atoms with van der Waals surface area (Å²) < 4.78 is 0. The highest BCUT2D eigenvalue weighted by Crippen LogP contribution is 2.18. The van der Waals surface area contributed by atoms with Crippen LogP contribution in [0.2, 0.25) is 0 Å². The molecule has 0 saturated heterocycles. The molecule has 0 aliphatic rings. The summed E-state index contributed by atoms with van der Waals surface area (Å²) in [5.74, 6) is -0.363. The SMILES string of the molecule is CN(C)Cc1ccc(CNC(=O)CNC(=O)Cc2cccc3ccccc23)cc1. The summed E-state index contributed by atoms with van der Waals surface area (Å²) in [6, 6.07) is 22.0. The van der Waals surface area contributed by atoms with Gasteiger partial charge < -0.3 is 15.5 Å². The van der Waals surface area contributed by atoms with Crippen molar-refractivity contribution in [3.05, 3.63) is 83.4 Å². The van der Waals surface area contributed by atoms with Gasteiger partial charge in [0.2, 0.25) is 11.8 Å². The Morgan fingerprint density at radius 3 is 2.24 bits per heavy atom. The molecule has 3 rings (SSSR count). The van der Waals surface area contributed by atoms with Gasteiger partial charge in [0.15, 0.2) is 0 Å². The van der Waals surface area contributed by atoms with Crippen molar-refractivity contribution >= 4 is 22.6 Å². The Balaban J connectivity index is 1.45. The van der Waals surface area contributed by atoms with E-state index >= 15 is 0 Å². The van der Waals surface area contributed by atoms with Crippen LogP contribution in [0.25, 0.3) is 10.8 Å². The first-order chi connectivity index (χ1) is 14.0. The van der Waals surface area contributed by atoms with E-state index in [1.165, 1.54) is 5.56 Å². The van der Waals surface area contributed by atoms with Gasteiger partial charge in [-0.2, -0.15) is 0 Å². The Hall–Kier alpha value is -3.18. The van der Waals surface area contributed by atoms with Crippen LogP contribution in [0.4, 0.5) is 0 Å². The monoisotopic (exact) mass is 389 g/mol. The van der Waals surface area contributed by atoms with E-state index in [-0.39, 0.29) is 24.8 Å². The number of benzene rings is 3. The second-order valence-corrected chi connectivity index (χ2v) is 7.42. The van der Waals surface area contributed by atoms with Gasteiger partial charge >= 0.3 is 0 Å². The lowest BCUT2D eigenvalue weighted by Gasteiger charge is -2.11. The number of amides is 2. The van der Waals surface area contributed by atoms with Crippen LogP contribution in [0.15, 0.2) is 66.7 Å². The summed E-state index contributed by atoms with van der Waals surface area (Å²) in [4.78, 5) is 26.4. The van der Waals surface area contributed by atoms with Crippen molar-refractivity contribution in [2.24, 2.45) is 0 Å². The molecule has 150 valence electrons. The van der Waals surface area contributed by atoms with E-state index in [4.69, 9.17) is 0 Å². The lowest BCUT2D eigenvalue weighted by Crippen LogP contribution is -2.37. The number of carbonyl (C=O) groups excluding carboxylic acids is 2. The van der Waals surface area contributed by atoms with Crippen LogP contribution in [0.5, 0.6) is 0 Å². The maximum Gasteiger partial charge on any atom is 0.239 e. The lowest BCUT2D eigenvalue weighted by atomic mass is 10.0. The molecule has 2 amide bonds. The van der Waals surface area contributed by atoms with E-state index in [1.807, 2.05) is 68.7 Å². The van der Waals surface area contributed by atoms with Gasteiger partial charge in [-0.05, 0) is 41.6 Å². The standard InChI is InChI=1S/C24H27N3O2/c1-27(2)17-19-12-10-18(11-13-19)15-25-24(29)16-26-23(28)14-21-8-5-7-20-6-3-4-9-22(20)21/h3-13H,14-17H2,1-2H3,(H,25,29)(H,26,28). The maximum absolute atomic E-state index is 12.3. The fourth-order valence-electron chi connectivity index (χ4n) is 3.25. The number of hydrogen-bond donors (Lipinski definition) is 2. The van der Waals surface area contributed by atoms with Crippen LogP contribution < -0.4 is 10.6 Å². The zero-order valence-corrected chi connectivity index (χ0v) is 16.9. The number of nitrogens with one attached hydrogen (secondary N) is 2. The molecule has 5 heteroatoms. The van der Waals surface area contributed by atoms with Crippen LogP contribution in [0.3, 0.4) is 0 Å². The third-order valence-corrected chi connectivity index (χ3v) is 4.69. The summed E-state index contributed by atoms with van der Waals surface area (Å²) in [7, 11) is 4.06. The summed E-state index contributed by atoms with van der Waals surface area (Å²) >= 11 is 0. The van der Waals surface area contributed by atoms with E-state index in [0.29, 0.717) is 6.54 Å². The molecule has 3 aromatic rings. The van der Waals surface area contributed by atoms with Crippen molar-refractivity contribution in [3.63, 3.8) is 0 Å². The maximum atomic E-state index is 12.3. The molecule has 0 radical (unpaired) electrons. The van der Waals surface area contributed by atoms with Crippen molar-refractivity contribution in [3.8, 4) is 0 Å². The second kappa shape index (κ2) is 9.85. The third kappa shape index (κ3) is 6.16. The van der Waals surface area contributed by atoms with Crippen molar-refractivity contribution < 1.29 is 9.59 Å². The largest absolute Gasteiger partial charge is 0.350 e. The Labute approximate surface area is 171 Å². The van der Waals surface area contributed by atoms with Crippen LogP contribution in [-0.2, 0) is 29.1 Å². The molecule has 3 aromatic carbocycles. The summed E-state index contributed by atoms with van der Waals surface area (Å²) in [6.07, 6.45) is 0.252. The van der Waals surface area contributed by atoms with Crippen molar-refractivity contribution in [2.45, 2.75) is 19.5 Å². The van der Waals surface area contributed by atoms with Crippen LogP contribution in [0.1, 0.15) is 16.7 Å². The number of nitrogens with zero attached hydrogens (tertiary/aromatic N) is 1. The Kier molecular flexibility index (Phi) is 6.98. The molecular formula is C24H27N3O2. The van der Waals surface area contributed by atoms with Gasteiger partial charge in [0, 0.05) is 13.1 Å². The number of carbonyl (C=O) groups is 2. The van der Waals surface area contributed by atoms with E-state index in [1.54, 1.807) is 0 Å². The molecule has 0 atom stereocenters.